The van der Waals surface area contributed by atoms with Gasteiger partial charge < -0.3 is 40.3 Å². The molecule has 9 heteroatoms. The number of allylic oxidation sites excluding steroid dienone is 3. The van der Waals surface area contributed by atoms with Gasteiger partial charge in [0.05, 0.1) is 25.4 Å². The van der Waals surface area contributed by atoms with Gasteiger partial charge in [-0.1, -0.05) is 256 Å². The van der Waals surface area contributed by atoms with E-state index in [0.717, 1.165) is 38.5 Å². The van der Waals surface area contributed by atoms with Crippen molar-refractivity contribution in [2.75, 3.05) is 13.2 Å². The molecule has 384 valence electrons. The number of unbranched alkanes of at least 4 members (excludes halogenated alkanes) is 36. The molecule has 1 rings (SSSR count). The second-order valence-electron chi connectivity index (χ2n) is 19.7. The Morgan fingerprint density at radius 3 is 1.29 bits per heavy atom. The molecular weight excluding hydrogens is 815 g/mol. The molecule has 1 aliphatic rings. The third kappa shape index (κ3) is 36.3. The number of ether oxygens (including phenoxy) is 2. The van der Waals surface area contributed by atoms with E-state index in [-0.39, 0.29) is 12.5 Å². The number of hydrogen-bond acceptors (Lipinski definition) is 8. The van der Waals surface area contributed by atoms with Crippen LogP contribution in [0.4, 0.5) is 0 Å². The first kappa shape index (κ1) is 61.7. The van der Waals surface area contributed by atoms with Crippen molar-refractivity contribution in [3.05, 3.63) is 24.3 Å². The van der Waals surface area contributed by atoms with Crippen molar-refractivity contribution in [2.45, 2.75) is 314 Å². The van der Waals surface area contributed by atoms with E-state index < -0.39 is 49.5 Å². The minimum atomic E-state index is -1.57. The maximum atomic E-state index is 13.0. The summed E-state index contributed by atoms with van der Waals surface area (Å²) in [4.78, 5) is 13.0. The molecule has 0 aromatic heterocycles. The van der Waals surface area contributed by atoms with Crippen molar-refractivity contribution in [1.29, 1.82) is 0 Å². The van der Waals surface area contributed by atoms with Crippen molar-refractivity contribution >= 4 is 5.91 Å². The zero-order valence-corrected chi connectivity index (χ0v) is 42.5. The van der Waals surface area contributed by atoms with Crippen LogP contribution in [-0.4, -0.2) is 87.5 Å². The smallest absolute Gasteiger partial charge is 0.220 e. The Morgan fingerprint density at radius 2 is 0.877 bits per heavy atom. The molecule has 0 radical (unpaired) electrons. The zero-order valence-electron chi connectivity index (χ0n) is 42.5. The van der Waals surface area contributed by atoms with E-state index in [0.29, 0.717) is 6.42 Å². The van der Waals surface area contributed by atoms with E-state index in [4.69, 9.17) is 9.47 Å². The van der Waals surface area contributed by atoms with E-state index in [1.807, 2.05) is 6.08 Å². The summed E-state index contributed by atoms with van der Waals surface area (Å²) in [5.74, 6) is -0.183. The molecule has 7 atom stereocenters. The van der Waals surface area contributed by atoms with Gasteiger partial charge in [0.1, 0.15) is 24.4 Å². The summed E-state index contributed by atoms with van der Waals surface area (Å²) < 4.78 is 11.2. The second kappa shape index (κ2) is 46.4. The molecule has 0 aromatic rings. The molecule has 7 unspecified atom stereocenters. The van der Waals surface area contributed by atoms with Gasteiger partial charge in [0.25, 0.3) is 0 Å². The quantitative estimate of drug-likeness (QED) is 0.0261. The lowest BCUT2D eigenvalue weighted by atomic mass is 9.99. The fourth-order valence-corrected chi connectivity index (χ4v) is 9.06. The van der Waals surface area contributed by atoms with Crippen LogP contribution >= 0.6 is 0 Å². The lowest BCUT2D eigenvalue weighted by molar-refractivity contribution is -0.302. The van der Waals surface area contributed by atoms with Crippen LogP contribution in [-0.2, 0) is 14.3 Å². The van der Waals surface area contributed by atoms with Crippen LogP contribution in [0.3, 0.4) is 0 Å². The van der Waals surface area contributed by atoms with Gasteiger partial charge in [-0.25, -0.2) is 0 Å². The molecule has 0 bridgehead atoms. The Balaban J connectivity index is 2.22. The number of carbonyl (C=O) groups excluding carboxylic acids is 1. The van der Waals surface area contributed by atoms with Gasteiger partial charge in [0.15, 0.2) is 6.29 Å². The highest BCUT2D eigenvalue weighted by atomic mass is 16.7. The molecule has 65 heavy (non-hydrogen) atoms. The summed E-state index contributed by atoms with van der Waals surface area (Å²) in [6, 6.07) is -0.817. The topological polar surface area (TPSA) is 149 Å². The molecule has 6 N–H and O–H groups in total. The van der Waals surface area contributed by atoms with Gasteiger partial charge in [0, 0.05) is 6.42 Å². The van der Waals surface area contributed by atoms with E-state index in [2.05, 4.69) is 31.3 Å². The first-order valence-electron chi connectivity index (χ1n) is 28.1. The Kier molecular flexibility index (Phi) is 44.0. The van der Waals surface area contributed by atoms with Crippen molar-refractivity contribution in [3.8, 4) is 0 Å². The minimum Gasteiger partial charge on any atom is -0.394 e. The molecule has 0 aromatic carbocycles. The molecular formula is C56H107NO8. The molecule has 1 fully saturated rings. The Hall–Kier alpha value is -1.33. The molecule has 9 nitrogen and oxygen atoms in total. The maximum absolute atomic E-state index is 13.0. The third-order valence-corrected chi connectivity index (χ3v) is 13.5. The van der Waals surface area contributed by atoms with Gasteiger partial charge in [-0.3, -0.25) is 4.79 Å². The predicted octanol–water partition coefficient (Wildman–Crippen LogP) is 13.4. The molecule has 0 aliphatic carbocycles. The van der Waals surface area contributed by atoms with Gasteiger partial charge >= 0.3 is 0 Å². The fourth-order valence-electron chi connectivity index (χ4n) is 9.06. The highest BCUT2D eigenvalue weighted by molar-refractivity contribution is 5.76. The molecule has 0 spiro atoms. The summed E-state index contributed by atoms with van der Waals surface area (Å²) in [5, 5.41) is 54.4. The van der Waals surface area contributed by atoms with Gasteiger partial charge in [-0.05, 0) is 32.1 Å². The van der Waals surface area contributed by atoms with E-state index in [1.54, 1.807) is 6.08 Å². The first-order valence-corrected chi connectivity index (χ1v) is 28.1. The van der Waals surface area contributed by atoms with Crippen LogP contribution in [0.5, 0.6) is 0 Å². The van der Waals surface area contributed by atoms with Crippen LogP contribution in [0.15, 0.2) is 24.3 Å². The van der Waals surface area contributed by atoms with Crippen LogP contribution in [0.2, 0.25) is 0 Å². The molecule has 1 amide bonds. The van der Waals surface area contributed by atoms with Crippen LogP contribution in [0.1, 0.15) is 271 Å². The van der Waals surface area contributed by atoms with E-state index >= 15 is 0 Å². The Morgan fingerprint density at radius 1 is 0.508 bits per heavy atom. The fraction of sp³-hybridized carbons (Fsp3) is 0.911. The minimum absolute atomic E-state index is 0.183. The second-order valence-corrected chi connectivity index (χ2v) is 19.7. The highest BCUT2D eigenvalue weighted by Crippen LogP contribution is 2.23. The summed E-state index contributed by atoms with van der Waals surface area (Å²) in [6.07, 6.45) is 51.1. The predicted molar refractivity (Wildman–Crippen MR) is 272 cm³/mol. The number of aliphatic hydroxyl groups is 5. The number of nitrogens with one attached hydrogen (secondary N) is 1. The number of rotatable bonds is 48. The summed E-state index contributed by atoms with van der Waals surface area (Å²) in [6.45, 7) is 3.79. The van der Waals surface area contributed by atoms with Gasteiger partial charge in [-0.2, -0.15) is 0 Å². The van der Waals surface area contributed by atoms with Gasteiger partial charge in [0.2, 0.25) is 5.91 Å². The van der Waals surface area contributed by atoms with Crippen LogP contribution < -0.4 is 5.32 Å². The van der Waals surface area contributed by atoms with E-state index in [9.17, 15) is 30.3 Å². The largest absolute Gasteiger partial charge is 0.394 e. The van der Waals surface area contributed by atoms with Gasteiger partial charge in [-0.15, -0.1) is 0 Å². The molecule has 1 heterocycles. The number of carbonyl (C=O) groups is 1. The van der Waals surface area contributed by atoms with Crippen LogP contribution in [0, 0.1) is 0 Å². The van der Waals surface area contributed by atoms with Crippen molar-refractivity contribution < 1.29 is 39.8 Å². The average molecular weight is 922 g/mol. The molecule has 0 saturated carbocycles. The number of amides is 1. The Bertz CT molecular complexity index is 1070. The number of aliphatic hydroxyl groups excluding tert-OH is 5. The summed E-state index contributed by atoms with van der Waals surface area (Å²) >= 11 is 0. The molecule has 1 saturated heterocycles. The third-order valence-electron chi connectivity index (χ3n) is 13.5. The SMILES string of the molecule is CCCCCCCCCCCCCCCCCCCCCCCC/C=C/CC/C=C/C(O)C(COC1OC(CO)C(O)C(O)C1O)NC(=O)CCCCCCCCCCCCCCCC. The monoisotopic (exact) mass is 922 g/mol. The summed E-state index contributed by atoms with van der Waals surface area (Å²) in [7, 11) is 0. The first-order chi connectivity index (χ1) is 31.8. The lowest BCUT2D eigenvalue weighted by Gasteiger charge is -2.40. The average Bonchev–Trinajstić information content (AvgIpc) is 3.31. The van der Waals surface area contributed by atoms with E-state index in [1.165, 1.54) is 212 Å². The molecule has 1 aliphatic heterocycles. The Labute approximate surface area is 400 Å². The highest BCUT2D eigenvalue weighted by Gasteiger charge is 2.44. The zero-order chi connectivity index (χ0) is 47.3. The van der Waals surface area contributed by atoms with Crippen molar-refractivity contribution in [1.82, 2.24) is 5.32 Å². The maximum Gasteiger partial charge on any atom is 0.220 e. The number of hydrogen-bond donors (Lipinski definition) is 6. The lowest BCUT2D eigenvalue weighted by Crippen LogP contribution is -2.60. The standard InChI is InChI=1S/C56H107NO8/c1-3-5-7-9-11-13-15-17-19-20-21-22-23-24-25-26-27-28-29-30-31-32-33-35-37-39-41-43-45-50(59)49(48-64-56-55(63)54(62)53(61)51(47-58)65-56)57-52(60)46-44-42-40-38-36-34-18-16-14-12-10-8-6-4-2/h35,37,43,45,49-51,53-56,58-59,61-63H,3-34,36,38-42,44,46-48H2,1-2H3,(H,57,60)/b37-35+,45-43+. The normalized spacial score (nSPS) is 20.0. The van der Waals surface area contributed by atoms with Crippen molar-refractivity contribution in [3.63, 3.8) is 0 Å². The van der Waals surface area contributed by atoms with Crippen molar-refractivity contribution in [2.24, 2.45) is 0 Å². The van der Waals surface area contributed by atoms with Crippen LogP contribution in [0.25, 0.3) is 0 Å². The summed E-state index contributed by atoms with van der Waals surface area (Å²) in [5.41, 5.74) is 0.